The highest BCUT2D eigenvalue weighted by Gasteiger charge is 2.44. The molecule has 8 nitrogen and oxygen atoms in total. The largest absolute Gasteiger partial charge is 0.395 e. The standard InChI is InChI=1S/C28H34F2N4O4S/c29-26(30)20-6-12-33(13-7-20)23-3-1-2-21(18-23)31-27(36)24-5-4-22(32-39(37,38)17-16-35)19-25(24)34-14-10-28(8-9-28)11-15-34/h1-5,18-19,32,35H,6-17H2,(H,31,36). The number of amides is 1. The van der Waals surface area contributed by atoms with Crippen molar-refractivity contribution in [3.8, 4) is 0 Å². The quantitative estimate of drug-likeness (QED) is 0.429. The zero-order valence-electron chi connectivity index (χ0n) is 21.8. The molecule has 2 aromatic rings. The summed E-state index contributed by atoms with van der Waals surface area (Å²) in [6.45, 7) is 2.05. The average Bonchev–Trinajstić information content (AvgIpc) is 3.67. The Kier molecular flexibility index (Phi) is 7.82. The fourth-order valence-corrected chi connectivity index (χ4v) is 6.33. The number of aliphatic hydroxyl groups is 1. The van der Waals surface area contributed by atoms with Gasteiger partial charge in [0.05, 0.1) is 29.3 Å². The Hall–Kier alpha value is -3.18. The molecule has 39 heavy (non-hydrogen) atoms. The first kappa shape index (κ1) is 27.4. The Morgan fingerprint density at radius 2 is 1.64 bits per heavy atom. The summed E-state index contributed by atoms with van der Waals surface area (Å²) in [5, 5.41) is 12.0. The molecule has 11 heteroatoms. The third kappa shape index (κ3) is 6.52. The SMILES string of the molecule is O=C(Nc1cccc(N2CCC(=C(F)F)CC2)c1)c1ccc(NS(=O)(=O)CCO)cc1N1CCC2(CC1)CC2. The summed E-state index contributed by atoms with van der Waals surface area (Å²) >= 11 is 0. The second kappa shape index (κ2) is 11.1. The Bertz CT molecular complexity index is 1350. The Morgan fingerprint density at radius 1 is 0.923 bits per heavy atom. The number of nitrogens with zero attached hydrogens (tertiary/aromatic N) is 2. The molecule has 5 rings (SSSR count). The highest BCUT2D eigenvalue weighted by atomic mass is 32.2. The molecule has 0 radical (unpaired) electrons. The molecule has 3 N–H and O–H groups in total. The van der Waals surface area contributed by atoms with Crippen LogP contribution in [0, 0.1) is 5.41 Å². The molecule has 2 aromatic carbocycles. The van der Waals surface area contributed by atoms with Gasteiger partial charge in [0, 0.05) is 37.6 Å². The average molecular weight is 561 g/mol. The molecular weight excluding hydrogens is 526 g/mol. The monoisotopic (exact) mass is 560 g/mol. The van der Waals surface area contributed by atoms with Crippen LogP contribution in [0.3, 0.4) is 0 Å². The minimum absolute atomic E-state index is 0.204. The topological polar surface area (TPSA) is 102 Å². The van der Waals surface area contributed by atoms with Crippen LogP contribution < -0.4 is 19.8 Å². The molecule has 1 spiro atoms. The summed E-state index contributed by atoms with van der Waals surface area (Å²) in [7, 11) is -3.71. The third-order valence-electron chi connectivity index (χ3n) is 8.10. The van der Waals surface area contributed by atoms with Gasteiger partial charge in [0.15, 0.2) is 0 Å². The Balaban J connectivity index is 1.35. The van der Waals surface area contributed by atoms with Crippen molar-refractivity contribution in [2.75, 3.05) is 58.4 Å². The van der Waals surface area contributed by atoms with E-state index in [1.165, 1.54) is 12.8 Å². The molecule has 1 amide bonds. The van der Waals surface area contributed by atoms with Gasteiger partial charge in [-0.15, -0.1) is 0 Å². The predicted molar refractivity (Wildman–Crippen MR) is 149 cm³/mol. The highest BCUT2D eigenvalue weighted by molar-refractivity contribution is 7.92. The summed E-state index contributed by atoms with van der Waals surface area (Å²) in [5.74, 6) is -0.730. The van der Waals surface area contributed by atoms with Gasteiger partial charge >= 0.3 is 0 Å². The zero-order valence-corrected chi connectivity index (χ0v) is 22.6. The number of anilines is 4. The van der Waals surface area contributed by atoms with E-state index < -0.39 is 28.5 Å². The number of aliphatic hydroxyl groups excluding tert-OH is 1. The van der Waals surface area contributed by atoms with Crippen LogP contribution in [0.5, 0.6) is 0 Å². The maximum Gasteiger partial charge on any atom is 0.269 e. The van der Waals surface area contributed by atoms with Gasteiger partial charge in [0.2, 0.25) is 10.0 Å². The van der Waals surface area contributed by atoms with E-state index in [0.717, 1.165) is 31.6 Å². The van der Waals surface area contributed by atoms with E-state index in [1.54, 1.807) is 24.3 Å². The molecular formula is C28H34F2N4O4S. The van der Waals surface area contributed by atoms with E-state index in [0.29, 0.717) is 54.0 Å². The number of carbonyl (C=O) groups is 1. The molecule has 2 saturated heterocycles. The van der Waals surface area contributed by atoms with Gasteiger partial charge in [0.1, 0.15) is 0 Å². The lowest BCUT2D eigenvalue weighted by Crippen LogP contribution is -2.35. The van der Waals surface area contributed by atoms with Crippen molar-refractivity contribution >= 4 is 38.7 Å². The van der Waals surface area contributed by atoms with Crippen LogP contribution in [-0.2, 0) is 10.0 Å². The van der Waals surface area contributed by atoms with E-state index in [1.807, 2.05) is 23.1 Å². The lowest BCUT2D eigenvalue weighted by atomic mass is 9.93. The number of hydrogen-bond acceptors (Lipinski definition) is 6. The zero-order chi connectivity index (χ0) is 27.6. The van der Waals surface area contributed by atoms with E-state index in [4.69, 9.17) is 5.11 Å². The van der Waals surface area contributed by atoms with Gasteiger partial charge < -0.3 is 20.2 Å². The normalized spacial score (nSPS) is 18.7. The number of halogens is 2. The van der Waals surface area contributed by atoms with Gasteiger partial charge in [0.25, 0.3) is 12.0 Å². The van der Waals surface area contributed by atoms with Gasteiger partial charge in [-0.2, -0.15) is 8.78 Å². The fourth-order valence-electron chi connectivity index (χ4n) is 5.50. The lowest BCUT2D eigenvalue weighted by Gasteiger charge is -2.35. The summed E-state index contributed by atoms with van der Waals surface area (Å²) in [6, 6.07) is 12.2. The van der Waals surface area contributed by atoms with Crippen molar-refractivity contribution in [1.29, 1.82) is 0 Å². The van der Waals surface area contributed by atoms with E-state index in [-0.39, 0.29) is 11.5 Å². The second-order valence-electron chi connectivity index (χ2n) is 10.7. The van der Waals surface area contributed by atoms with E-state index in [9.17, 15) is 22.0 Å². The first-order valence-electron chi connectivity index (χ1n) is 13.4. The van der Waals surface area contributed by atoms with Crippen molar-refractivity contribution < 1.29 is 27.1 Å². The van der Waals surface area contributed by atoms with Crippen LogP contribution in [0.2, 0.25) is 0 Å². The summed E-state index contributed by atoms with van der Waals surface area (Å²) in [4.78, 5) is 17.7. The molecule has 0 bridgehead atoms. The van der Waals surface area contributed by atoms with Crippen LogP contribution in [0.15, 0.2) is 54.1 Å². The van der Waals surface area contributed by atoms with Crippen LogP contribution in [0.4, 0.5) is 31.5 Å². The molecule has 0 atom stereocenters. The molecule has 0 aromatic heterocycles. The molecule has 3 aliphatic rings. The Labute approximate surface area is 227 Å². The Morgan fingerprint density at radius 3 is 2.28 bits per heavy atom. The molecule has 1 saturated carbocycles. The third-order valence-corrected chi connectivity index (χ3v) is 9.37. The van der Waals surface area contributed by atoms with Gasteiger partial charge in [-0.1, -0.05) is 6.07 Å². The minimum Gasteiger partial charge on any atom is -0.395 e. The van der Waals surface area contributed by atoms with Gasteiger partial charge in [-0.3, -0.25) is 9.52 Å². The number of sulfonamides is 1. The maximum atomic E-state index is 13.5. The number of piperidine rings is 2. The minimum atomic E-state index is -3.71. The second-order valence-corrected chi connectivity index (χ2v) is 12.6. The summed E-state index contributed by atoms with van der Waals surface area (Å²) < 4.78 is 52.9. The lowest BCUT2D eigenvalue weighted by molar-refractivity contribution is 0.102. The first-order chi connectivity index (χ1) is 18.7. The molecule has 2 aliphatic heterocycles. The number of benzene rings is 2. The molecule has 3 fully saturated rings. The molecule has 0 unspecified atom stereocenters. The smallest absolute Gasteiger partial charge is 0.269 e. The van der Waals surface area contributed by atoms with Crippen molar-refractivity contribution in [2.45, 2.75) is 38.5 Å². The first-order valence-corrected chi connectivity index (χ1v) is 15.0. The van der Waals surface area contributed by atoms with Crippen LogP contribution in [0.25, 0.3) is 0 Å². The number of nitrogens with one attached hydrogen (secondary N) is 2. The molecule has 1 aliphatic carbocycles. The fraction of sp³-hybridized carbons (Fsp3) is 0.464. The molecule has 210 valence electrons. The van der Waals surface area contributed by atoms with Crippen molar-refractivity contribution in [3.63, 3.8) is 0 Å². The van der Waals surface area contributed by atoms with Crippen molar-refractivity contribution in [1.82, 2.24) is 0 Å². The van der Waals surface area contributed by atoms with Crippen molar-refractivity contribution in [2.24, 2.45) is 5.41 Å². The molecule has 2 heterocycles. The van der Waals surface area contributed by atoms with Gasteiger partial charge in [-0.25, -0.2) is 8.42 Å². The highest BCUT2D eigenvalue weighted by Crippen LogP contribution is 2.54. The van der Waals surface area contributed by atoms with Crippen LogP contribution in [-0.4, -0.2) is 58.0 Å². The van der Waals surface area contributed by atoms with E-state index in [2.05, 4.69) is 14.9 Å². The number of hydrogen-bond donors (Lipinski definition) is 3. The summed E-state index contributed by atoms with van der Waals surface area (Å²) in [5.41, 5.74) is 3.51. The number of carbonyl (C=O) groups excluding carboxylic acids is 1. The van der Waals surface area contributed by atoms with Crippen molar-refractivity contribution in [3.05, 3.63) is 59.7 Å². The summed E-state index contributed by atoms with van der Waals surface area (Å²) in [6.07, 6.45) is 3.60. The predicted octanol–water partition coefficient (Wildman–Crippen LogP) is 4.80. The van der Waals surface area contributed by atoms with Gasteiger partial charge in [-0.05, 0) is 85.9 Å². The van der Waals surface area contributed by atoms with Crippen LogP contribution >= 0.6 is 0 Å². The number of rotatable bonds is 8. The maximum absolute atomic E-state index is 13.5. The van der Waals surface area contributed by atoms with E-state index >= 15 is 0 Å². The van der Waals surface area contributed by atoms with Crippen LogP contribution in [0.1, 0.15) is 48.9 Å².